The highest BCUT2D eigenvalue weighted by Gasteiger charge is 2.46. The second-order valence-corrected chi connectivity index (χ2v) is 7.78. The number of primary amides is 1. The molecule has 3 rings (SSSR count). The average Bonchev–Trinajstić information content (AvgIpc) is 2.62. The van der Waals surface area contributed by atoms with Gasteiger partial charge in [0.05, 0.1) is 0 Å². The van der Waals surface area contributed by atoms with Crippen LogP contribution in [-0.2, 0) is 9.59 Å². The van der Waals surface area contributed by atoms with E-state index in [4.69, 9.17) is 5.73 Å². The smallest absolute Gasteiger partial charge is 0.325 e. The van der Waals surface area contributed by atoms with Crippen molar-refractivity contribution in [3.05, 3.63) is 35.1 Å². The highest BCUT2D eigenvalue weighted by Crippen LogP contribution is 2.35. The van der Waals surface area contributed by atoms with Gasteiger partial charge in [-0.15, -0.1) is 0 Å². The van der Waals surface area contributed by atoms with E-state index >= 15 is 0 Å². The van der Waals surface area contributed by atoms with Crippen LogP contribution in [0.4, 0.5) is 4.39 Å². The van der Waals surface area contributed by atoms with E-state index in [1.165, 1.54) is 12.1 Å². The van der Waals surface area contributed by atoms with E-state index in [1.54, 1.807) is 13.0 Å². The van der Waals surface area contributed by atoms with Gasteiger partial charge in [0, 0.05) is 13.1 Å². The van der Waals surface area contributed by atoms with E-state index in [2.05, 4.69) is 4.90 Å². The molecular weight excluding hydrogens is 349 g/mol. The molecule has 6 nitrogen and oxygen atoms in total. The number of benzene rings is 1. The summed E-state index contributed by atoms with van der Waals surface area (Å²) in [6, 6.07) is 3.45. The SMILES string of the molecule is Cc1cc(F)cc([C@H](C(=O)O)N2CCC(C(N)=O)(N3CCCCC3)CC2)c1. The van der Waals surface area contributed by atoms with Crippen molar-refractivity contribution in [2.45, 2.75) is 50.6 Å². The van der Waals surface area contributed by atoms with Gasteiger partial charge in [-0.1, -0.05) is 12.5 Å². The molecule has 1 aromatic rings. The lowest BCUT2D eigenvalue weighted by Gasteiger charge is -2.49. The van der Waals surface area contributed by atoms with Gasteiger partial charge < -0.3 is 10.8 Å². The number of aliphatic carboxylic acids is 1. The Morgan fingerprint density at radius 3 is 2.26 bits per heavy atom. The molecule has 0 bridgehead atoms. The molecule has 2 heterocycles. The molecule has 3 N–H and O–H groups in total. The van der Waals surface area contributed by atoms with Crippen LogP contribution in [0.5, 0.6) is 0 Å². The number of nitrogens with zero attached hydrogens (tertiary/aromatic N) is 2. The third-order valence-corrected chi connectivity index (χ3v) is 6.02. The molecule has 0 unspecified atom stereocenters. The summed E-state index contributed by atoms with van der Waals surface area (Å²) >= 11 is 0. The Kier molecular flexibility index (Phi) is 5.81. The second-order valence-electron chi connectivity index (χ2n) is 7.78. The van der Waals surface area contributed by atoms with Crippen molar-refractivity contribution in [3.8, 4) is 0 Å². The van der Waals surface area contributed by atoms with Crippen LogP contribution in [0, 0.1) is 12.7 Å². The Hall–Kier alpha value is -1.99. The maximum absolute atomic E-state index is 13.8. The highest BCUT2D eigenvalue weighted by molar-refractivity contribution is 5.85. The van der Waals surface area contributed by atoms with Gasteiger partial charge in [0.15, 0.2) is 0 Å². The normalized spacial score (nSPS) is 22.3. The third-order valence-electron chi connectivity index (χ3n) is 6.02. The lowest BCUT2D eigenvalue weighted by atomic mass is 9.82. The number of carboxylic acids is 1. The molecule has 1 aromatic carbocycles. The largest absolute Gasteiger partial charge is 0.480 e. The fraction of sp³-hybridized carbons (Fsp3) is 0.600. The molecule has 0 aromatic heterocycles. The number of halogens is 1. The van der Waals surface area contributed by atoms with Crippen molar-refractivity contribution in [2.24, 2.45) is 5.73 Å². The lowest BCUT2D eigenvalue weighted by Crippen LogP contribution is -2.63. The predicted octanol–water partition coefficient (Wildman–Crippen LogP) is 2.07. The van der Waals surface area contributed by atoms with Gasteiger partial charge in [-0.3, -0.25) is 19.4 Å². The van der Waals surface area contributed by atoms with Crippen LogP contribution in [0.2, 0.25) is 0 Å². The molecule has 7 heteroatoms. The fourth-order valence-corrected chi connectivity index (χ4v) is 4.62. The van der Waals surface area contributed by atoms with Gasteiger partial charge in [-0.25, -0.2) is 4.39 Å². The summed E-state index contributed by atoms with van der Waals surface area (Å²) in [6.45, 7) is 4.33. The van der Waals surface area contributed by atoms with Crippen LogP contribution >= 0.6 is 0 Å². The van der Waals surface area contributed by atoms with Gasteiger partial charge in [-0.05, 0) is 69.0 Å². The van der Waals surface area contributed by atoms with Crippen LogP contribution in [0.15, 0.2) is 18.2 Å². The Labute approximate surface area is 159 Å². The predicted molar refractivity (Wildman–Crippen MR) is 99.7 cm³/mol. The molecule has 27 heavy (non-hydrogen) atoms. The van der Waals surface area contributed by atoms with Crippen molar-refractivity contribution >= 4 is 11.9 Å². The molecule has 2 aliphatic heterocycles. The Balaban J connectivity index is 1.80. The second kappa shape index (κ2) is 7.94. The van der Waals surface area contributed by atoms with Gasteiger partial charge in [0.2, 0.25) is 5.91 Å². The maximum Gasteiger partial charge on any atom is 0.325 e. The maximum atomic E-state index is 13.8. The minimum Gasteiger partial charge on any atom is -0.480 e. The summed E-state index contributed by atoms with van der Waals surface area (Å²) in [7, 11) is 0. The summed E-state index contributed by atoms with van der Waals surface area (Å²) in [5.74, 6) is -1.77. The summed E-state index contributed by atoms with van der Waals surface area (Å²) < 4.78 is 13.8. The third kappa shape index (κ3) is 3.99. The van der Waals surface area contributed by atoms with Crippen LogP contribution in [-0.4, -0.2) is 58.5 Å². The number of nitrogens with two attached hydrogens (primary N) is 1. The quantitative estimate of drug-likeness (QED) is 0.820. The van der Waals surface area contributed by atoms with Crippen molar-refractivity contribution in [2.75, 3.05) is 26.2 Å². The molecule has 148 valence electrons. The zero-order chi connectivity index (χ0) is 19.6. The number of amides is 1. The van der Waals surface area contributed by atoms with E-state index in [1.807, 2.05) is 4.90 Å². The van der Waals surface area contributed by atoms with Gasteiger partial charge in [0.1, 0.15) is 17.4 Å². The summed E-state index contributed by atoms with van der Waals surface area (Å²) in [6.07, 6.45) is 4.27. The Morgan fingerprint density at radius 2 is 1.74 bits per heavy atom. The van der Waals surface area contributed by atoms with E-state index in [-0.39, 0.29) is 5.91 Å². The Morgan fingerprint density at radius 1 is 1.11 bits per heavy atom. The first-order valence-electron chi connectivity index (χ1n) is 9.62. The van der Waals surface area contributed by atoms with E-state index in [0.29, 0.717) is 37.1 Å². The van der Waals surface area contributed by atoms with Crippen LogP contribution in [0.1, 0.15) is 49.3 Å². The van der Waals surface area contributed by atoms with Crippen molar-refractivity contribution in [1.82, 2.24) is 9.80 Å². The number of carboxylic acid groups (broad SMARTS) is 1. The van der Waals surface area contributed by atoms with Gasteiger partial charge in [0.25, 0.3) is 0 Å². The number of hydrogen-bond donors (Lipinski definition) is 2. The van der Waals surface area contributed by atoms with E-state index < -0.39 is 23.4 Å². The fourth-order valence-electron chi connectivity index (χ4n) is 4.62. The number of aryl methyl sites for hydroxylation is 1. The van der Waals surface area contributed by atoms with Gasteiger partial charge >= 0.3 is 5.97 Å². The molecule has 2 saturated heterocycles. The minimum atomic E-state index is -1.01. The van der Waals surface area contributed by atoms with Crippen molar-refractivity contribution in [3.63, 3.8) is 0 Å². The monoisotopic (exact) mass is 377 g/mol. The highest BCUT2D eigenvalue weighted by atomic mass is 19.1. The molecule has 0 radical (unpaired) electrons. The number of piperidine rings is 2. The van der Waals surface area contributed by atoms with Crippen LogP contribution in [0.3, 0.4) is 0 Å². The zero-order valence-corrected chi connectivity index (χ0v) is 15.8. The Bertz CT molecular complexity index is 690. The molecule has 0 saturated carbocycles. The average molecular weight is 377 g/mol. The lowest BCUT2D eigenvalue weighted by molar-refractivity contribution is -0.146. The molecule has 1 atom stereocenters. The van der Waals surface area contributed by atoms with E-state index in [9.17, 15) is 19.1 Å². The number of carbonyl (C=O) groups is 2. The van der Waals surface area contributed by atoms with Crippen LogP contribution in [0.25, 0.3) is 0 Å². The molecule has 1 amide bonds. The first-order chi connectivity index (χ1) is 12.8. The van der Waals surface area contributed by atoms with Gasteiger partial charge in [-0.2, -0.15) is 0 Å². The topological polar surface area (TPSA) is 86.9 Å². The number of hydrogen-bond acceptors (Lipinski definition) is 4. The number of rotatable bonds is 5. The standard InChI is InChI=1S/C20H28FN3O3/c1-14-11-15(13-16(21)12-14)17(18(25)26)23-9-5-20(6-10-23,19(22)27)24-7-3-2-4-8-24/h11-13,17H,2-10H2,1H3,(H2,22,27)(H,25,26)/t17-/m1/s1. The first-order valence-corrected chi connectivity index (χ1v) is 9.62. The molecule has 0 spiro atoms. The molecule has 2 aliphatic rings. The first kappa shape index (κ1) is 19.8. The molecule has 2 fully saturated rings. The zero-order valence-electron chi connectivity index (χ0n) is 15.8. The van der Waals surface area contributed by atoms with Crippen molar-refractivity contribution < 1.29 is 19.1 Å². The van der Waals surface area contributed by atoms with E-state index in [0.717, 1.165) is 32.4 Å². The number of likely N-dealkylation sites (tertiary alicyclic amines) is 2. The molecular formula is C20H28FN3O3. The van der Waals surface area contributed by atoms with Crippen molar-refractivity contribution in [1.29, 1.82) is 0 Å². The summed E-state index contributed by atoms with van der Waals surface area (Å²) in [5, 5.41) is 9.78. The minimum absolute atomic E-state index is 0.322. The van der Waals surface area contributed by atoms with Crippen LogP contribution < -0.4 is 5.73 Å². The summed E-state index contributed by atoms with van der Waals surface area (Å²) in [4.78, 5) is 28.3. The number of carbonyl (C=O) groups excluding carboxylic acids is 1. The summed E-state index contributed by atoms with van der Waals surface area (Å²) in [5.41, 5.74) is 6.23. The molecule has 0 aliphatic carbocycles.